The smallest absolute Gasteiger partial charge is 0.349 e. The van der Waals surface area contributed by atoms with Crippen LogP contribution >= 0.6 is 0 Å². The van der Waals surface area contributed by atoms with E-state index in [1.807, 2.05) is 24.4 Å². The summed E-state index contributed by atoms with van der Waals surface area (Å²) in [5.74, 6) is -0.438. The molecule has 2 heterocycles. The van der Waals surface area contributed by atoms with Gasteiger partial charge in [0.1, 0.15) is 11.3 Å². The van der Waals surface area contributed by atoms with Crippen molar-refractivity contribution in [3.63, 3.8) is 0 Å². The van der Waals surface area contributed by atoms with Crippen LogP contribution in [-0.4, -0.2) is 16.8 Å². The lowest BCUT2D eigenvalue weighted by Crippen LogP contribution is -2.23. The minimum atomic E-state index is -0.665. The van der Waals surface area contributed by atoms with Gasteiger partial charge in [0, 0.05) is 29.2 Å². The molecule has 2 aromatic heterocycles. The molecule has 32 heavy (non-hydrogen) atoms. The van der Waals surface area contributed by atoms with Crippen molar-refractivity contribution in [1.29, 1.82) is 0 Å². The number of anilines is 1. The lowest BCUT2D eigenvalue weighted by atomic mass is 10.1. The van der Waals surface area contributed by atoms with Gasteiger partial charge in [0.05, 0.1) is 6.42 Å². The van der Waals surface area contributed by atoms with Gasteiger partial charge in [-0.1, -0.05) is 30.3 Å². The normalized spacial score (nSPS) is 10.9. The molecule has 0 saturated heterocycles. The maximum atomic E-state index is 12.7. The second kappa shape index (κ2) is 8.93. The van der Waals surface area contributed by atoms with Gasteiger partial charge < -0.3 is 20.5 Å². The molecule has 0 saturated carbocycles. The van der Waals surface area contributed by atoms with E-state index < -0.39 is 17.4 Å². The Morgan fingerprint density at radius 1 is 1.06 bits per heavy atom. The van der Waals surface area contributed by atoms with Gasteiger partial charge in [0.15, 0.2) is 0 Å². The number of nitrogens with two attached hydrogens (primary N) is 1. The van der Waals surface area contributed by atoms with E-state index in [2.05, 4.69) is 16.4 Å². The molecule has 0 aliphatic rings. The lowest BCUT2D eigenvalue weighted by molar-refractivity contribution is -0.117. The summed E-state index contributed by atoms with van der Waals surface area (Å²) in [5.41, 5.74) is 8.50. The van der Waals surface area contributed by atoms with Crippen LogP contribution in [0, 0.1) is 6.92 Å². The summed E-state index contributed by atoms with van der Waals surface area (Å²) in [7, 11) is 0. The monoisotopic (exact) mass is 429 g/mol. The van der Waals surface area contributed by atoms with Gasteiger partial charge in [-0.25, -0.2) is 4.79 Å². The number of aryl methyl sites for hydroxylation is 3. The van der Waals surface area contributed by atoms with Crippen LogP contribution in [0.3, 0.4) is 0 Å². The Kier molecular flexibility index (Phi) is 5.89. The number of carbonyl (C=O) groups is 2. The summed E-state index contributed by atoms with van der Waals surface area (Å²) in [4.78, 5) is 39.5. The Morgan fingerprint density at radius 2 is 1.81 bits per heavy atom. The van der Waals surface area contributed by atoms with Crippen molar-refractivity contribution in [2.45, 2.75) is 26.2 Å². The Bertz CT molecular complexity index is 1350. The van der Waals surface area contributed by atoms with Crippen LogP contribution in [0.15, 0.2) is 70.0 Å². The molecule has 2 aromatic carbocycles. The highest BCUT2D eigenvalue weighted by molar-refractivity contribution is 6.04. The standard InChI is InChI=1S/C25H23N3O4/c1-15-12-19(11-8-17-14-27-21-5-3-2-4-20(17)21)32-25(31)23(15)24(30)28-18-9-6-16(7-10-18)13-22(26)29/h2-7,9-10,12,14,27H,8,11,13H2,1H3,(H2,26,29)(H,28,30). The number of para-hydroxylation sites is 1. The molecule has 162 valence electrons. The van der Waals surface area contributed by atoms with Gasteiger partial charge in [0.25, 0.3) is 5.91 Å². The fraction of sp³-hybridized carbons (Fsp3) is 0.160. The Hall–Kier alpha value is -4.13. The van der Waals surface area contributed by atoms with Crippen molar-refractivity contribution in [2.24, 2.45) is 5.73 Å². The van der Waals surface area contributed by atoms with Crippen LogP contribution in [0.5, 0.6) is 0 Å². The zero-order valence-electron chi connectivity index (χ0n) is 17.6. The zero-order chi connectivity index (χ0) is 22.7. The Morgan fingerprint density at radius 3 is 2.53 bits per heavy atom. The number of carbonyl (C=O) groups excluding carboxylic acids is 2. The van der Waals surface area contributed by atoms with Crippen molar-refractivity contribution in [1.82, 2.24) is 4.98 Å². The molecular weight excluding hydrogens is 406 g/mol. The molecule has 0 radical (unpaired) electrons. The summed E-state index contributed by atoms with van der Waals surface area (Å²) >= 11 is 0. The minimum absolute atomic E-state index is 0.0259. The third-order valence-electron chi connectivity index (χ3n) is 5.33. The van der Waals surface area contributed by atoms with Gasteiger partial charge in [-0.15, -0.1) is 0 Å². The summed E-state index contributed by atoms with van der Waals surface area (Å²) in [5, 5.41) is 3.84. The third-order valence-corrected chi connectivity index (χ3v) is 5.33. The van der Waals surface area contributed by atoms with E-state index in [1.165, 1.54) is 0 Å². The number of primary amides is 1. The van der Waals surface area contributed by atoms with Crippen molar-refractivity contribution in [3.8, 4) is 0 Å². The number of aromatic amines is 1. The molecule has 0 atom stereocenters. The first kappa shape index (κ1) is 21.1. The van der Waals surface area contributed by atoms with Gasteiger partial charge >= 0.3 is 5.63 Å². The average Bonchev–Trinajstić information content (AvgIpc) is 3.16. The maximum Gasteiger partial charge on any atom is 0.349 e. The first-order valence-electron chi connectivity index (χ1n) is 10.3. The van der Waals surface area contributed by atoms with Crippen LogP contribution in [0.4, 0.5) is 5.69 Å². The van der Waals surface area contributed by atoms with Crippen LogP contribution in [0.2, 0.25) is 0 Å². The summed E-state index contributed by atoms with van der Waals surface area (Å²) < 4.78 is 5.44. The largest absolute Gasteiger partial charge is 0.427 e. The van der Waals surface area contributed by atoms with E-state index in [9.17, 15) is 14.4 Å². The summed E-state index contributed by atoms with van der Waals surface area (Å²) in [6.45, 7) is 1.72. The summed E-state index contributed by atoms with van der Waals surface area (Å²) in [6, 6.07) is 16.5. The minimum Gasteiger partial charge on any atom is -0.427 e. The number of H-pyrrole nitrogens is 1. The average molecular weight is 429 g/mol. The number of nitrogens with one attached hydrogen (secondary N) is 2. The number of hydrogen-bond acceptors (Lipinski definition) is 4. The van der Waals surface area contributed by atoms with Gasteiger partial charge in [-0.2, -0.15) is 0 Å². The summed E-state index contributed by atoms with van der Waals surface area (Å²) in [6.07, 6.45) is 3.33. The molecule has 7 nitrogen and oxygen atoms in total. The van der Waals surface area contributed by atoms with Crippen molar-refractivity contribution < 1.29 is 14.0 Å². The second-order valence-electron chi connectivity index (χ2n) is 7.71. The third kappa shape index (κ3) is 4.62. The molecule has 0 unspecified atom stereocenters. The molecule has 4 rings (SSSR count). The first-order chi connectivity index (χ1) is 15.4. The molecule has 7 heteroatoms. The molecule has 2 amide bonds. The second-order valence-corrected chi connectivity index (χ2v) is 7.71. The SMILES string of the molecule is Cc1cc(CCc2c[nH]c3ccccc23)oc(=O)c1C(=O)Nc1ccc(CC(N)=O)cc1. The molecular formula is C25H23N3O4. The van der Waals surface area contributed by atoms with Gasteiger partial charge in [-0.05, 0) is 54.3 Å². The van der Waals surface area contributed by atoms with Crippen molar-refractivity contribution in [3.05, 3.63) is 99.2 Å². The number of amides is 2. The number of benzene rings is 2. The van der Waals surface area contributed by atoms with E-state index in [4.69, 9.17) is 10.2 Å². The predicted octanol–water partition coefficient (Wildman–Crippen LogP) is 3.49. The van der Waals surface area contributed by atoms with Crippen molar-refractivity contribution >= 4 is 28.4 Å². The number of hydrogen-bond donors (Lipinski definition) is 3. The topological polar surface area (TPSA) is 118 Å². The molecule has 4 N–H and O–H groups in total. The van der Waals surface area contributed by atoms with Crippen LogP contribution < -0.4 is 16.7 Å². The molecule has 0 bridgehead atoms. The van der Waals surface area contributed by atoms with Crippen molar-refractivity contribution in [2.75, 3.05) is 5.32 Å². The number of fused-ring (bicyclic) bond motifs is 1. The fourth-order valence-corrected chi connectivity index (χ4v) is 3.77. The molecule has 4 aromatic rings. The quantitative estimate of drug-likeness (QED) is 0.417. The van der Waals surface area contributed by atoms with Crippen LogP contribution in [-0.2, 0) is 24.1 Å². The van der Waals surface area contributed by atoms with E-state index in [0.29, 0.717) is 29.9 Å². The van der Waals surface area contributed by atoms with E-state index in [0.717, 1.165) is 22.0 Å². The number of aromatic nitrogens is 1. The Labute approximate surface area is 184 Å². The zero-order valence-corrected chi connectivity index (χ0v) is 17.6. The van der Waals surface area contributed by atoms with Gasteiger partial charge in [0.2, 0.25) is 5.91 Å². The molecule has 0 aliphatic heterocycles. The fourth-order valence-electron chi connectivity index (χ4n) is 3.77. The maximum absolute atomic E-state index is 12.7. The Balaban J connectivity index is 1.46. The van der Waals surface area contributed by atoms with E-state index in [1.54, 1.807) is 37.3 Å². The highest BCUT2D eigenvalue weighted by Gasteiger charge is 2.17. The number of rotatable bonds is 7. The highest BCUT2D eigenvalue weighted by Crippen LogP contribution is 2.20. The van der Waals surface area contributed by atoms with Crippen LogP contribution in [0.25, 0.3) is 10.9 Å². The van der Waals surface area contributed by atoms with E-state index >= 15 is 0 Å². The molecule has 0 aliphatic carbocycles. The molecule has 0 spiro atoms. The van der Waals surface area contributed by atoms with Crippen LogP contribution in [0.1, 0.15) is 32.8 Å². The first-order valence-corrected chi connectivity index (χ1v) is 10.3. The van der Waals surface area contributed by atoms with Gasteiger partial charge in [-0.3, -0.25) is 9.59 Å². The highest BCUT2D eigenvalue weighted by atomic mass is 16.4. The van der Waals surface area contributed by atoms with E-state index in [-0.39, 0.29) is 12.0 Å². The lowest BCUT2D eigenvalue weighted by Gasteiger charge is -2.09. The predicted molar refractivity (Wildman–Crippen MR) is 123 cm³/mol. The molecule has 0 fully saturated rings.